The number of amides is 1. The second-order valence-electron chi connectivity index (χ2n) is 7.67. The Labute approximate surface area is 135 Å². The van der Waals surface area contributed by atoms with Gasteiger partial charge in [-0.1, -0.05) is 19.3 Å². The summed E-state index contributed by atoms with van der Waals surface area (Å²) in [7, 11) is 0. The summed E-state index contributed by atoms with van der Waals surface area (Å²) in [6.07, 6.45) is 11.9. The van der Waals surface area contributed by atoms with Gasteiger partial charge in [0.1, 0.15) is 0 Å². The molecule has 0 spiro atoms. The number of nitrogens with zero attached hydrogens (tertiary/aromatic N) is 1. The van der Waals surface area contributed by atoms with Crippen molar-refractivity contribution < 1.29 is 4.79 Å². The van der Waals surface area contributed by atoms with Crippen molar-refractivity contribution in [2.75, 3.05) is 32.7 Å². The van der Waals surface area contributed by atoms with Crippen LogP contribution in [-0.4, -0.2) is 49.6 Å². The zero-order valence-electron chi connectivity index (χ0n) is 14.0. The molecule has 1 unspecified atom stereocenters. The maximum absolute atomic E-state index is 12.1. The molecule has 126 valence electrons. The van der Waals surface area contributed by atoms with Crippen LogP contribution in [0.1, 0.15) is 57.8 Å². The molecule has 2 aliphatic heterocycles. The van der Waals surface area contributed by atoms with Crippen molar-refractivity contribution in [1.82, 2.24) is 15.5 Å². The molecule has 0 aromatic rings. The molecule has 0 aromatic heterocycles. The van der Waals surface area contributed by atoms with Crippen molar-refractivity contribution in [3.63, 3.8) is 0 Å². The molecule has 2 saturated heterocycles. The highest BCUT2D eigenvalue weighted by atomic mass is 16.2. The molecule has 0 radical (unpaired) electrons. The van der Waals surface area contributed by atoms with Crippen LogP contribution in [0.3, 0.4) is 0 Å². The SMILES string of the molecule is O=C(NCC1CCCN(CC2CCCCC2)C1)[C@H]1CCCN1. The van der Waals surface area contributed by atoms with Crippen LogP contribution in [-0.2, 0) is 4.79 Å². The normalized spacial score (nSPS) is 31.3. The Morgan fingerprint density at radius 1 is 1.00 bits per heavy atom. The number of hydrogen-bond acceptors (Lipinski definition) is 3. The van der Waals surface area contributed by atoms with Crippen LogP contribution in [0.15, 0.2) is 0 Å². The minimum Gasteiger partial charge on any atom is -0.354 e. The topological polar surface area (TPSA) is 44.4 Å². The van der Waals surface area contributed by atoms with E-state index in [1.807, 2.05) is 0 Å². The summed E-state index contributed by atoms with van der Waals surface area (Å²) >= 11 is 0. The first kappa shape index (κ1) is 16.3. The van der Waals surface area contributed by atoms with Gasteiger partial charge in [0.15, 0.2) is 0 Å². The smallest absolute Gasteiger partial charge is 0.237 e. The first-order valence-electron chi connectivity index (χ1n) is 9.55. The van der Waals surface area contributed by atoms with Gasteiger partial charge in [0.05, 0.1) is 6.04 Å². The minimum atomic E-state index is 0.0712. The summed E-state index contributed by atoms with van der Waals surface area (Å²) in [5.74, 6) is 1.81. The molecule has 1 saturated carbocycles. The van der Waals surface area contributed by atoms with E-state index in [9.17, 15) is 4.79 Å². The monoisotopic (exact) mass is 307 g/mol. The summed E-state index contributed by atoms with van der Waals surface area (Å²) in [5.41, 5.74) is 0. The zero-order chi connectivity index (χ0) is 15.2. The van der Waals surface area contributed by atoms with Crippen molar-refractivity contribution in [1.29, 1.82) is 0 Å². The fourth-order valence-corrected chi connectivity index (χ4v) is 4.50. The number of likely N-dealkylation sites (tertiary alicyclic amines) is 1. The molecule has 2 atom stereocenters. The van der Waals surface area contributed by atoms with Crippen molar-refractivity contribution in [3.8, 4) is 0 Å². The molecule has 2 heterocycles. The predicted octanol–water partition coefficient (Wildman–Crippen LogP) is 2.15. The molecule has 2 N–H and O–H groups in total. The van der Waals surface area contributed by atoms with Crippen LogP contribution >= 0.6 is 0 Å². The first-order chi connectivity index (χ1) is 10.8. The summed E-state index contributed by atoms with van der Waals surface area (Å²) in [6.45, 7) is 5.63. The lowest BCUT2D eigenvalue weighted by Gasteiger charge is -2.36. The lowest BCUT2D eigenvalue weighted by molar-refractivity contribution is -0.123. The van der Waals surface area contributed by atoms with Crippen LogP contribution in [0.2, 0.25) is 0 Å². The largest absolute Gasteiger partial charge is 0.354 e. The molecule has 3 fully saturated rings. The summed E-state index contributed by atoms with van der Waals surface area (Å²) < 4.78 is 0. The van der Waals surface area contributed by atoms with Crippen molar-refractivity contribution in [2.45, 2.75) is 63.8 Å². The van der Waals surface area contributed by atoms with Crippen LogP contribution < -0.4 is 10.6 Å². The van der Waals surface area contributed by atoms with E-state index in [1.165, 1.54) is 64.6 Å². The quantitative estimate of drug-likeness (QED) is 0.818. The van der Waals surface area contributed by atoms with Crippen LogP contribution in [0, 0.1) is 11.8 Å². The van der Waals surface area contributed by atoms with E-state index in [0.717, 1.165) is 31.8 Å². The third-order valence-corrected chi connectivity index (χ3v) is 5.79. The van der Waals surface area contributed by atoms with Gasteiger partial charge in [-0.15, -0.1) is 0 Å². The second kappa shape index (κ2) is 8.30. The number of piperidine rings is 1. The minimum absolute atomic E-state index is 0.0712. The molecule has 1 aliphatic carbocycles. The maximum Gasteiger partial charge on any atom is 0.237 e. The second-order valence-corrected chi connectivity index (χ2v) is 7.67. The van der Waals surface area contributed by atoms with E-state index in [1.54, 1.807) is 0 Å². The van der Waals surface area contributed by atoms with Gasteiger partial charge in [-0.3, -0.25) is 4.79 Å². The molecule has 3 rings (SSSR count). The van der Waals surface area contributed by atoms with E-state index < -0.39 is 0 Å². The van der Waals surface area contributed by atoms with Crippen LogP contribution in [0.25, 0.3) is 0 Å². The molecular weight excluding hydrogens is 274 g/mol. The van der Waals surface area contributed by atoms with Gasteiger partial charge in [0.2, 0.25) is 5.91 Å². The highest BCUT2D eigenvalue weighted by Crippen LogP contribution is 2.26. The van der Waals surface area contributed by atoms with Crippen molar-refractivity contribution >= 4 is 5.91 Å². The average molecular weight is 307 g/mol. The maximum atomic E-state index is 12.1. The summed E-state index contributed by atoms with van der Waals surface area (Å²) in [4.78, 5) is 14.8. The van der Waals surface area contributed by atoms with Gasteiger partial charge >= 0.3 is 0 Å². The summed E-state index contributed by atoms with van der Waals surface area (Å²) in [6, 6.07) is 0.0712. The molecule has 22 heavy (non-hydrogen) atoms. The number of carbonyl (C=O) groups excluding carboxylic acids is 1. The van der Waals surface area contributed by atoms with Gasteiger partial charge in [0.25, 0.3) is 0 Å². The third-order valence-electron chi connectivity index (χ3n) is 5.79. The Kier molecular flexibility index (Phi) is 6.13. The lowest BCUT2D eigenvalue weighted by atomic mass is 9.88. The molecule has 0 aromatic carbocycles. The Hall–Kier alpha value is -0.610. The standard InChI is InChI=1S/C18H33N3O/c22-18(17-9-4-10-19-17)20-12-16-8-5-11-21(14-16)13-15-6-2-1-3-7-15/h15-17,19H,1-14H2,(H,20,22)/t16?,17-/m1/s1. The molecule has 4 heteroatoms. The molecule has 4 nitrogen and oxygen atoms in total. The molecule has 0 bridgehead atoms. The zero-order valence-corrected chi connectivity index (χ0v) is 14.0. The van der Waals surface area contributed by atoms with E-state index >= 15 is 0 Å². The van der Waals surface area contributed by atoms with E-state index in [0.29, 0.717) is 5.92 Å². The highest BCUT2D eigenvalue weighted by molar-refractivity contribution is 5.81. The van der Waals surface area contributed by atoms with E-state index in [-0.39, 0.29) is 11.9 Å². The van der Waals surface area contributed by atoms with Crippen LogP contribution in [0.4, 0.5) is 0 Å². The average Bonchev–Trinajstić information content (AvgIpc) is 3.08. The lowest BCUT2D eigenvalue weighted by Crippen LogP contribution is -2.46. The number of carbonyl (C=O) groups is 1. The van der Waals surface area contributed by atoms with E-state index in [2.05, 4.69) is 15.5 Å². The van der Waals surface area contributed by atoms with E-state index in [4.69, 9.17) is 0 Å². The summed E-state index contributed by atoms with van der Waals surface area (Å²) in [5, 5.41) is 6.47. The van der Waals surface area contributed by atoms with Gasteiger partial charge < -0.3 is 15.5 Å². The van der Waals surface area contributed by atoms with Crippen molar-refractivity contribution in [3.05, 3.63) is 0 Å². The molecule has 3 aliphatic rings. The van der Waals surface area contributed by atoms with Crippen LogP contribution in [0.5, 0.6) is 0 Å². The number of hydrogen-bond donors (Lipinski definition) is 2. The van der Waals surface area contributed by atoms with Gasteiger partial charge in [-0.2, -0.15) is 0 Å². The van der Waals surface area contributed by atoms with Gasteiger partial charge in [-0.05, 0) is 63.5 Å². The number of nitrogens with one attached hydrogen (secondary N) is 2. The molecular formula is C18H33N3O. The molecule has 1 amide bonds. The predicted molar refractivity (Wildman–Crippen MR) is 89.8 cm³/mol. The Balaban J connectivity index is 1.37. The fraction of sp³-hybridized carbons (Fsp3) is 0.944. The third kappa shape index (κ3) is 4.69. The van der Waals surface area contributed by atoms with Gasteiger partial charge in [-0.25, -0.2) is 0 Å². The van der Waals surface area contributed by atoms with Gasteiger partial charge in [0, 0.05) is 19.6 Å². The number of rotatable bonds is 5. The Morgan fingerprint density at radius 2 is 1.82 bits per heavy atom. The Morgan fingerprint density at radius 3 is 2.59 bits per heavy atom. The van der Waals surface area contributed by atoms with Crippen molar-refractivity contribution in [2.24, 2.45) is 11.8 Å². The Bertz CT molecular complexity index is 348. The highest BCUT2D eigenvalue weighted by Gasteiger charge is 2.26. The fourth-order valence-electron chi connectivity index (χ4n) is 4.50. The first-order valence-corrected chi connectivity index (χ1v) is 9.55.